The normalized spacial score (nSPS) is 14.6. The summed E-state index contributed by atoms with van der Waals surface area (Å²) in [6.07, 6.45) is 0.871. The van der Waals surface area contributed by atoms with Gasteiger partial charge < -0.3 is 10.2 Å². The Kier molecular flexibility index (Phi) is 6.51. The number of benzene rings is 3. The fourth-order valence-electron chi connectivity index (χ4n) is 4.94. The van der Waals surface area contributed by atoms with E-state index in [9.17, 15) is 9.59 Å². The lowest BCUT2D eigenvalue weighted by Gasteiger charge is -2.22. The fourth-order valence-corrected chi connectivity index (χ4v) is 6.88. The molecule has 38 heavy (non-hydrogen) atoms. The van der Waals surface area contributed by atoms with Gasteiger partial charge in [0, 0.05) is 22.0 Å². The minimum Gasteiger partial charge on any atom is -0.320 e. The van der Waals surface area contributed by atoms with Crippen molar-refractivity contribution in [1.82, 2.24) is 9.78 Å². The van der Waals surface area contributed by atoms with E-state index in [0.29, 0.717) is 16.3 Å². The van der Waals surface area contributed by atoms with Gasteiger partial charge in [-0.2, -0.15) is 5.10 Å². The fraction of sp³-hybridized carbons (Fsp3) is 0.167. The maximum absolute atomic E-state index is 13.3. The summed E-state index contributed by atoms with van der Waals surface area (Å²) in [7, 11) is 0. The van der Waals surface area contributed by atoms with Crippen LogP contribution in [0.1, 0.15) is 27.9 Å². The van der Waals surface area contributed by atoms with Crippen LogP contribution in [0, 0.1) is 6.92 Å². The number of hydrogen-bond donors (Lipinski definition) is 1. The summed E-state index contributed by atoms with van der Waals surface area (Å²) in [4.78, 5) is 30.8. The third kappa shape index (κ3) is 4.50. The van der Waals surface area contributed by atoms with Crippen molar-refractivity contribution in [2.75, 3.05) is 16.0 Å². The first kappa shape index (κ1) is 24.5. The molecule has 1 N–H and O–H groups in total. The molecule has 3 heterocycles. The molecule has 0 fully saturated rings. The maximum atomic E-state index is 13.3. The zero-order valence-corrected chi connectivity index (χ0v) is 22.7. The SMILES string of the molecule is Cc1nn(-c2ccccc2)c2sc(C(=O)Nc3ccccc3SCC(=O)N3c4ccccc4CC3C)cc12. The van der Waals surface area contributed by atoms with Crippen LogP contribution >= 0.6 is 23.1 Å². The van der Waals surface area contributed by atoms with Crippen LogP contribution in [0.15, 0.2) is 89.8 Å². The van der Waals surface area contributed by atoms with Gasteiger partial charge >= 0.3 is 0 Å². The van der Waals surface area contributed by atoms with Crippen LogP contribution in [-0.4, -0.2) is 33.4 Å². The van der Waals surface area contributed by atoms with E-state index in [-0.39, 0.29) is 17.9 Å². The predicted octanol–water partition coefficient (Wildman–Crippen LogP) is 6.72. The highest BCUT2D eigenvalue weighted by Crippen LogP contribution is 2.35. The molecule has 1 aliphatic heterocycles. The zero-order valence-electron chi connectivity index (χ0n) is 21.0. The van der Waals surface area contributed by atoms with Crippen molar-refractivity contribution in [2.45, 2.75) is 31.2 Å². The molecule has 190 valence electrons. The number of rotatable bonds is 6. The molecule has 1 unspecified atom stereocenters. The summed E-state index contributed by atoms with van der Waals surface area (Å²) in [5, 5.41) is 8.71. The Labute approximate surface area is 229 Å². The van der Waals surface area contributed by atoms with E-state index in [0.717, 1.165) is 38.6 Å². The van der Waals surface area contributed by atoms with Gasteiger partial charge in [-0.15, -0.1) is 23.1 Å². The molecular formula is C30H26N4O2S2. The second-order valence-electron chi connectivity index (χ2n) is 9.35. The highest BCUT2D eigenvalue weighted by Gasteiger charge is 2.30. The number of aromatic nitrogens is 2. The summed E-state index contributed by atoms with van der Waals surface area (Å²) in [6, 6.07) is 27.7. The Morgan fingerprint density at radius 3 is 2.61 bits per heavy atom. The van der Waals surface area contributed by atoms with Crippen molar-refractivity contribution in [3.05, 3.63) is 101 Å². The van der Waals surface area contributed by atoms with Crippen molar-refractivity contribution < 1.29 is 9.59 Å². The third-order valence-corrected chi connectivity index (χ3v) is 8.90. The number of thioether (sulfide) groups is 1. The molecule has 2 aromatic heterocycles. The monoisotopic (exact) mass is 538 g/mol. The molecule has 6 nitrogen and oxygen atoms in total. The molecule has 6 rings (SSSR count). The van der Waals surface area contributed by atoms with Gasteiger partial charge in [-0.05, 0) is 62.2 Å². The summed E-state index contributed by atoms with van der Waals surface area (Å²) >= 11 is 2.87. The number of carbonyl (C=O) groups is 2. The van der Waals surface area contributed by atoms with Crippen molar-refractivity contribution in [1.29, 1.82) is 0 Å². The van der Waals surface area contributed by atoms with Crippen molar-refractivity contribution >= 4 is 56.5 Å². The average Bonchev–Trinajstić information content (AvgIpc) is 3.60. The highest BCUT2D eigenvalue weighted by atomic mass is 32.2. The number of nitrogens with one attached hydrogen (secondary N) is 1. The molecule has 1 atom stereocenters. The second kappa shape index (κ2) is 10.1. The summed E-state index contributed by atoms with van der Waals surface area (Å²) in [5.41, 5.74) is 4.75. The summed E-state index contributed by atoms with van der Waals surface area (Å²) < 4.78 is 1.89. The Hall–Kier alpha value is -3.88. The molecule has 5 aromatic rings. The molecule has 3 aromatic carbocycles. The van der Waals surface area contributed by atoms with Crippen LogP contribution in [0.3, 0.4) is 0 Å². The molecule has 0 bridgehead atoms. The molecule has 2 amide bonds. The minimum absolute atomic E-state index is 0.0685. The summed E-state index contributed by atoms with van der Waals surface area (Å²) in [5.74, 6) is 0.186. The van der Waals surface area contributed by atoms with Crippen LogP contribution in [0.5, 0.6) is 0 Å². The Balaban J connectivity index is 1.19. The van der Waals surface area contributed by atoms with E-state index >= 15 is 0 Å². The Bertz CT molecular complexity index is 1660. The van der Waals surface area contributed by atoms with Crippen LogP contribution < -0.4 is 10.2 Å². The van der Waals surface area contributed by atoms with Gasteiger partial charge in [-0.25, -0.2) is 4.68 Å². The van der Waals surface area contributed by atoms with Crippen LogP contribution in [-0.2, 0) is 11.2 Å². The quantitative estimate of drug-likeness (QED) is 0.244. The number of thiophene rings is 1. The van der Waals surface area contributed by atoms with E-state index in [4.69, 9.17) is 0 Å². The van der Waals surface area contributed by atoms with Crippen molar-refractivity contribution in [2.24, 2.45) is 0 Å². The van der Waals surface area contributed by atoms with Gasteiger partial charge in [-0.3, -0.25) is 9.59 Å². The Morgan fingerprint density at radius 2 is 1.76 bits per heavy atom. The molecule has 0 radical (unpaired) electrons. The lowest BCUT2D eigenvalue weighted by Crippen LogP contribution is -2.36. The van der Waals surface area contributed by atoms with Gasteiger partial charge in [-0.1, -0.05) is 48.5 Å². The predicted molar refractivity (Wildman–Crippen MR) is 156 cm³/mol. The molecular weight excluding hydrogens is 512 g/mol. The number of nitrogens with zero attached hydrogens (tertiary/aromatic N) is 3. The van der Waals surface area contributed by atoms with Gasteiger partial charge in [0.25, 0.3) is 5.91 Å². The first-order chi connectivity index (χ1) is 18.5. The smallest absolute Gasteiger partial charge is 0.265 e. The molecule has 0 saturated carbocycles. The maximum Gasteiger partial charge on any atom is 0.265 e. The average molecular weight is 539 g/mol. The van der Waals surface area contributed by atoms with E-state index in [1.54, 1.807) is 0 Å². The first-order valence-electron chi connectivity index (χ1n) is 12.5. The van der Waals surface area contributed by atoms with E-state index in [1.165, 1.54) is 28.7 Å². The van der Waals surface area contributed by atoms with Crippen molar-refractivity contribution in [3.8, 4) is 5.69 Å². The number of fused-ring (bicyclic) bond motifs is 2. The molecule has 0 spiro atoms. The van der Waals surface area contributed by atoms with Gasteiger partial charge in [0.05, 0.1) is 27.7 Å². The van der Waals surface area contributed by atoms with E-state index in [2.05, 4.69) is 23.4 Å². The standard InChI is InChI=1S/C30H26N4O2S2/c1-19-16-21-10-6-8-14-25(21)33(19)28(35)18-37-26-15-9-7-13-24(26)31-29(36)27-17-23-20(2)32-34(30(23)38-27)22-11-4-3-5-12-22/h3-15,17,19H,16,18H2,1-2H3,(H,31,36). The third-order valence-electron chi connectivity index (χ3n) is 6.73. The van der Waals surface area contributed by atoms with Gasteiger partial charge in [0.1, 0.15) is 4.83 Å². The lowest BCUT2D eigenvalue weighted by atomic mass is 10.1. The number of carbonyl (C=O) groups excluding carboxylic acids is 2. The van der Waals surface area contributed by atoms with E-state index in [1.807, 2.05) is 95.4 Å². The number of para-hydroxylation sites is 3. The first-order valence-corrected chi connectivity index (χ1v) is 14.3. The van der Waals surface area contributed by atoms with E-state index < -0.39 is 0 Å². The van der Waals surface area contributed by atoms with Gasteiger partial charge in [0.2, 0.25) is 5.91 Å². The second-order valence-corrected chi connectivity index (χ2v) is 11.4. The molecule has 1 aliphatic rings. The van der Waals surface area contributed by atoms with Crippen molar-refractivity contribution in [3.63, 3.8) is 0 Å². The molecule has 0 saturated heterocycles. The highest BCUT2D eigenvalue weighted by molar-refractivity contribution is 8.00. The Morgan fingerprint density at radius 1 is 1.03 bits per heavy atom. The minimum atomic E-state index is -0.174. The van der Waals surface area contributed by atoms with Crippen LogP contribution in [0.2, 0.25) is 0 Å². The number of hydrogen-bond acceptors (Lipinski definition) is 5. The zero-order chi connectivity index (χ0) is 26.2. The van der Waals surface area contributed by atoms with Crippen LogP contribution in [0.25, 0.3) is 15.9 Å². The number of anilines is 2. The largest absolute Gasteiger partial charge is 0.320 e. The molecule has 0 aliphatic carbocycles. The summed E-state index contributed by atoms with van der Waals surface area (Å²) in [6.45, 7) is 4.04. The molecule has 8 heteroatoms. The lowest BCUT2D eigenvalue weighted by molar-refractivity contribution is -0.116. The number of aryl methyl sites for hydroxylation is 1. The van der Waals surface area contributed by atoms with Gasteiger partial charge in [0.15, 0.2) is 0 Å². The van der Waals surface area contributed by atoms with Crippen LogP contribution in [0.4, 0.5) is 11.4 Å². The number of amides is 2. The topological polar surface area (TPSA) is 67.2 Å².